The van der Waals surface area contributed by atoms with Crippen LogP contribution in [0.5, 0.6) is 0 Å². The Kier molecular flexibility index (Phi) is 7.44. The Labute approximate surface area is 164 Å². The number of pyridine rings is 1. The van der Waals surface area contributed by atoms with Crippen molar-refractivity contribution in [3.8, 4) is 0 Å². The first-order valence-electron chi connectivity index (χ1n) is 9.24. The lowest BCUT2D eigenvalue weighted by Crippen LogP contribution is -2.22. The molecule has 0 unspecified atom stereocenters. The number of ketones is 2. The zero-order chi connectivity index (χ0) is 20.7. The Morgan fingerprint density at radius 3 is 2.50 bits per heavy atom. The number of rotatable bonds is 9. The highest BCUT2D eigenvalue weighted by molar-refractivity contribution is 6.25. The van der Waals surface area contributed by atoms with E-state index in [0.717, 1.165) is 24.8 Å². The van der Waals surface area contributed by atoms with Crippen LogP contribution in [0.3, 0.4) is 0 Å². The number of carboxylic acids is 1. The second-order valence-corrected chi connectivity index (χ2v) is 6.75. The number of carboxylic acid groups (broad SMARTS) is 1. The molecule has 6 heteroatoms. The van der Waals surface area contributed by atoms with E-state index in [1.54, 1.807) is 6.20 Å². The van der Waals surface area contributed by atoms with Gasteiger partial charge in [-0.3, -0.25) is 14.6 Å². The smallest absolute Gasteiger partial charge is 0.331 e. The SMILES string of the molecule is COC1=C(C)C(=O)C(C)=C(/C=C(\CCCCCc2cccnc2)C(=O)O)C1=O. The Morgan fingerprint density at radius 1 is 1.14 bits per heavy atom. The zero-order valence-corrected chi connectivity index (χ0v) is 16.4. The predicted molar refractivity (Wildman–Crippen MR) is 105 cm³/mol. The van der Waals surface area contributed by atoms with E-state index in [0.29, 0.717) is 12.8 Å². The topological polar surface area (TPSA) is 93.6 Å². The zero-order valence-electron chi connectivity index (χ0n) is 16.4. The van der Waals surface area contributed by atoms with Crippen LogP contribution in [0.15, 0.2) is 58.7 Å². The molecule has 0 aromatic carbocycles. The molecule has 1 heterocycles. The van der Waals surface area contributed by atoms with E-state index in [2.05, 4.69) is 4.98 Å². The molecule has 2 rings (SSSR count). The molecule has 1 N–H and O–H groups in total. The summed E-state index contributed by atoms with van der Waals surface area (Å²) in [5.41, 5.74) is 1.86. The quantitative estimate of drug-likeness (QED) is 0.398. The maximum absolute atomic E-state index is 12.6. The maximum Gasteiger partial charge on any atom is 0.331 e. The molecule has 0 saturated carbocycles. The normalized spacial score (nSPS) is 15.3. The lowest BCUT2D eigenvalue weighted by molar-refractivity contribution is -0.132. The molecule has 0 atom stereocenters. The van der Waals surface area contributed by atoms with Crippen LogP contribution in [0.1, 0.15) is 45.1 Å². The van der Waals surface area contributed by atoms with Gasteiger partial charge in [-0.2, -0.15) is 0 Å². The number of methoxy groups -OCH3 is 1. The summed E-state index contributed by atoms with van der Waals surface area (Å²) in [6, 6.07) is 3.91. The van der Waals surface area contributed by atoms with Crippen molar-refractivity contribution in [2.75, 3.05) is 7.11 Å². The molecule has 6 nitrogen and oxygen atoms in total. The summed E-state index contributed by atoms with van der Waals surface area (Å²) in [5, 5.41) is 9.51. The molecule has 0 aliphatic heterocycles. The number of carbonyl (C=O) groups excluding carboxylic acids is 2. The molecular formula is C22H25NO5. The van der Waals surface area contributed by atoms with Crippen molar-refractivity contribution in [2.45, 2.75) is 46.0 Å². The van der Waals surface area contributed by atoms with Gasteiger partial charge in [0, 0.05) is 34.7 Å². The summed E-state index contributed by atoms with van der Waals surface area (Å²) in [7, 11) is 1.33. The first-order chi connectivity index (χ1) is 13.4. The molecule has 0 radical (unpaired) electrons. The number of aliphatic carboxylic acids is 1. The van der Waals surface area contributed by atoms with E-state index < -0.39 is 11.8 Å². The summed E-state index contributed by atoms with van der Waals surface area (Å²) in [6.45, 7) is 3.07. The number of allylic oxidation sites excluding steroid dienone is 4. The molecular weight excluding hydrogens is 358 g/mol. The number of aromatic nitrogens is 1. The number of hydrogen-bond donors (Lipinski definition) is 1. The van der Waals surface area contributed by atoms with E-state index >= 15 is 0 Å². The molecule has 0 bridgehead atoms. The van der Waals surface area contributed by atoms with Gasteiger partial charge in [0.1, 0.15) is 0 Å². The van der Waals surface area contributed by atoms with Crippen LogP contribution in [0.4, 0.5) is 0 Å². The second kappa shape index (κ2) is 9.78. The van der Waals surface area contributed by atoms with Gasteiger partial charge >= 0.3 is 5.97 Å². The van der Waals surface area contributed by atoms with Crippen LogP contribution < -0.4 is 0 Å². The van der Waals surface area contributed by atoms with Gasteiger partial charge in [-0.15, -0.1) is 0 Å². The van der Waals surface area contributed by atoms with E-state index in [-0.39, 0.29) is 33.8 Å². The van der Waals surface area contributed by atoms with E-state index in [9.17, 15) is 19.5 Å². The second-order valence-electron chi connectivity index (χ2n) is 6.75. The van der Waals surface area contributed by atoms with Crippen LogP contribution in [-0.2, 0) is 25.5 Å². The number of nitrogens with zero attached hydrogens (tertiary/aromatic N) is 1. The van der Waals surface area contributed by atoms with Crippen molar-refractivity contribution < 1.29 is 24.2 Å². The standard InChI is InChI=1S/C22H25NO5/c1-14-18(20(25)21(28-3)15(2)19(14)24)12-17(22(26)27)10-6-4-5-8-16-9-7-11-23-13-16/h7,9,11-13H,4-6,8,10H2,1-3H3,(H,26,27)/b17-12+. The number of hydrogen-bond acceptors (Lipinski definition) is 5. The predicted octanol–water partition coefficient (Wildman–Crippen LogP) is 3.58. The number of ether oxygens (including phenoxy) is 1. The van der Waals surface area contributed by atoms with E-state index in [4.69, 9.17) is 4.74 Å². The Bertz CT molecular complexity index is 862. The minimum Gasteiger partial charge on any atom is -0.492 e. The molecule has 1 aromatic heterocycles. The number of unbranched alkanes of at least 4 members (excludes halogenated alkanes) is 2. The van der Waals surface area contributed by atoms with Gasteiger partial charge in [0.05, 0.1) is 7.11 Å². The fourth-order valence-corrected chi connectivity index (χ4v) is 3.17. The third-order valence-corrected chi connectivity index (χ3v) is 4.81. The first-order valence-corrected chi connectivity index (χ1v) is 9.24. The van der Waals surface area contributed by atoms with Gasteiger partial charge < -0.3 is 9.84 Å². The lowest BCUT2D eigenvalue weighted by Gasteiger charge is -2.18. The Balaban J connectivity index is 2.04. The van der Waals surface area contributed by atoms with Crippen LogP contribution in [-0.4, -0.2) is 34.7 Å². The fourth-order valence-electron chi connectivity index (χ4n) is 3.17. The molecule has 1 aliphatic rings. The van der Waals surface area contributed by atoms with Crippen molar-refractivity contribution in [2.24, 2.45) is 0 Å². The third-order valence-electron chi connectivity index (χ3n) is 4.81. The van der Waals surface area contributed by atoms with Crippen molar-refractivity contribution in [1.29, 1.82) is 0 Å². The molecule has 1 aliphatic carbocycles. The monoisotopic (exact) mass is 383 g/mol. The highest BCUT2D eigenvalue weighted by Crippen LogP contribution is 2.27. The third kappa shape index (κ3) is 5.03. The van der Waals surface area contributed by atoms with Gasteiger partial charge in [-0.05, 0) is 57.2 Å². The van der Waals surface area contributed by atoms with Gasteiger partial charge in [0.2, 0.25) is 5.78 Å². The lowest BCUT2D eigenvalue weighted by atomic mass is 9.88. The average molecular weight is 383 g/mol. The van der Waals surface area contributed by atoms with Crippen molar-refractivity contribution in [3.63, 3.8) is 0 Å². The van der Waals surface area contributed by atoms with E-state index in [1.165, 1.54) is 27.0 Å². The highest BCUT2D eigenvalue weighted by Gasteiger charge is 2.30. The Hall–Kier alpha value is -3.02. The summed E-state index contributed by atoms with van der Waals surface area (Å²) >= 11 is 0. The van der Waals surface area contributed by atoms with E-state index in [1.807, 2.05) is 18.3 Å². The maximum atomic E-state index is 12.6. The fraction of sp³-hybridized carbons (Fsp3) is 0.364. The first kappa shape index (κ1) is 21.3. The molecule has 1 aromatic rings. The summed E-state index contributed by atoms with van der Waals surface area (Å²) in [5.74, 6) is -1.86. The molecule has 0 amide bonds. The van der Waals surface area contributed by atoms with Crippen molar-refractivity contribution >= 4 is 17.5 Å². The minimum absolute atomic E-state index is 0.0249. The highest BCUT2D eigenvalue weighted by atomic mass is 16.5. The van der Waals surface area contributed by atoms with Gasteiger partial charge in [0.15, 0.2) is 11.5 Å². The average Bonchev–Trinajstić information content (AvgIpc) is 2.68. The van der Waals surface area contributed by atoms with Crippen LogP contribution >= 0.6 is 0 Å². The summed E-state index contributed by atoms with van der Waals surface area (Å²) in [4.78, 5) is 40.6. The van der Waals surface area contributed by atoms with Gasteiger partial charge in [-0.25, -0.2) is 4.79 Å². The number of carbonyl (C=O) groups is 3. The van der Waals surface area contributed by atoms with Gasteiger partial charge in [0.25, 0.3) is 0 Å². The van der Waals surface area contributed by atoms with Crippen LogP contribution in [0.2, 0.25) is 0 Å². The largest absolute Gasteiger partial charge is 0.492 e. The van der Waals surface area contributed by atoms with Crippen molar-refractivity contribution in [3.05, 3.63) is 64.2 Å². The van der Waals surface area contributed by atoms with Gasteiger partial charge in [-0.1, -0.05) is 12.5 Å². The Morgan fingerprint density at radius 2 is 1.89 bits per heavy atom. The van der Waals surface area contributed by atoms with Crippen LogP contribution in [0.25, 0.3) is 0 Å². The van der Waals surface area contributed by atoms with Crippen LogP contribution in [0, 0.1) is 0 Å². The summed E-state index contributed by atoms with van der Waals surface area (Å²) < 4.78 is 5.06. The molecule has 0 saturated heterocycles. The molecule has 28 heavy (non-hydrogen) atoms. The molecule has 148 valence electrons. The molecule has 0 spiro atoms. The van der Waals surface area contributed by atoms with Crippen molar-refractivity contribution in [1.82, 2.24) is 4.98 Å². The molecule has 0 fully saturated rings. The number of Topliss-reactive ketones (excluding diaryl/α,β-unsaturated/α-hetero) is 2. The number of aryl methyl sites for hydroxylation is 1. The minimum atomic E-state index is -1.09. The summed E-state index contributed by atoms with van der Waals surface area (Å²) in [6.07, 6.45) is 8.55.